The molecule has 48 valence electrons. The van der Waals surface area contributed by atoms with Crippen LogP contribution in [0.3, 0.4) is 0 Å². The van der Waals surface area contributed by atoms with Gasteiger partial charge in [-0.25, -0.2) is 0 Å². The third kappa shape index (κ3) is 5.95. The van der Waals surface area contributed by atoms with Gasteiger partial charge in [0, 0.05) is 18.6 Å². The highest BCUT2D eigenvalue weighted by Gasteiger charge is 1.76. The quantitative estimate of drug-likeness (QED) is 0.545. The molecule has 0 aliphatic heterocycles. The molecule has 0 aromatic carbocycles. The van der Waals surface area contributed by atoms with Gasteiger partial charge in [0.15, 0.2) is 0 Å². The van der Waals surface area contributed by atoms with Gasteiger partial charge >= 0.3 is 0 Å². The summed E-state index contributed by atoms with van der Waals surface area (Å²) in [5.41, 5.74) is 1.45. The molecule has 2 nitrogen and oxygen atoms in total. The molecule has 2 N–H and O–H groups in total. The van der Waals surface area contributed by atoms with Crippen LogP contribution in [0.2, 0.25) is 0 Å². The van der Waals surface area contributed by atoms with E-state index in [2.05, 4.69) is 5.32 Å². The normalized spacial score (nSPS) is 10.8. The molecule has 0 radical (unpaired) electrons. The molecule has 0 heterocycles. The number of rotatable bonds is 4. The Bertz CT molecular complexity index is 65.4. The molecule has 8 heavy (non-hydrogen) atoms. The molecule has 0 amide bonds. The average molecular weight is 136 g/mol. The third-order valence-corrected chi connectivity index (χ3v) is 0.818. The summed E-state index contributed by atoms with van der Waals surface area (Å²) in [5.74, 6) is 0. The number of aliphatic hydroxyl groups is 1. The van der Waals surface area contributed by atoms with Gasteiger partial charge in [0.2, 0.25) is 0 Å². The minimum absolute atomic E-state index is 0.177. The molecule has 0 aromatic rings. The van der Waals surface area contributed by atoms with E-state index >= 15 is 0 Å². The zero-order valence-corrected chi connectivity index (χ0v) is 5.36. The highest BCUT2D eigenvalue weighted by atomic mass is 35.5. The summed E-state index contributed by atoms with van der Waals surface area (Å²) in [4.78, 5) is 0. The number of hydrogen-bond donors (Lipinski definition) is 2. The largest absolute Gasteiger partial charge is 0.395 e. The van der Waals surface area contributed by atoms with E-state index in [-0.39, 0.29) is 6.61 Å². The summed E-state index contributed by atoms with van der Waals surface area (Å²) >= 11 is 5.20. The minimum atomic E-state index is 0.177. The zero-order chi connectivity index (χ0) is 6.24. The Balaban J connectivity index is 2.72. The molecular formula is C5H10ClNO. The Labute approximate surface area is 54.2 Å². The van der Waals surface area contributed by atoms with Crippen LogP contribution in [0.5, 0.6) is 0 Å². The fourth-order valence-electron chi connectivity index (χ4n) is 0.309. The van der Waals surface area contributed by atoms with Gasteiger partial charge in [-0.05, 0) is 0 Å². The van der Waals surface area contributed by atoms with E-state index in [4.69, 9.17) is 16.7 Å². The van der Waals surface area contributed by atoms with Crippen molar-refractivity contribution in [2.75, 3.05) is 19.7 Å². The summed E-state index contributed by atoms with van der Waals surface area (Å²) in [5, 5.41) is 11.2. The first-order valence-corrected chi connectivity index (χ1v) is 2.92. The van der Waals surface area contributed by atoms with Gasteiger partial charge in [-0.15, -0.1) is 0 Å². The first kappa shape index (κ1) is 7.95. The molecule has 0 aliphatic carbocycles. The highest BCUT2D eigenvalue weighted by molar-refractivity contribution is 6.25. The zero-order valence-electron chi connectivity index (χ0n) is 4.60. The van der Waals surface area contributed by atoms with Crippen LogP contribution < -0.4 is 5.32 Å². The number of aliphatic hydroxyl groups excluding tert-OH is 1. The molecule has 0 unspecified atom stereocenters. The fraction of sp³-hybridized carbons (Fsp3) is 0.600. The average Bonchev–Trinajstić information content (AvgIpc) is 1.81. The second-order valence-electron chi connectivity index (χ2n) is 1.29. The Kier molecular flexibility index (Phi) is 6.91. The second-order valence-corrected chi connectivity index (χ2v) is 1.54. The number of halogens is 1. The van der Waals surface area contributed by atoms with Gasteiger partial charge in [0.25, 0.3) is 0 Å². The Morgan fingerprint density at radius 2 is 2.38 bits per heavy atom. The van der Waals surface area contributed by atoms with Crippen molar-refractivity contribution >= 4 is 11.6 Å². The predicted octanol–water partition coefficient (Wildman–Crippen LogP) is 0.321. The van der Waals surface area contributed by atoms with Crippen molar-refractivity contribution in [3.05, 3.63) is 11.6 Å². The summed E-state index contributed by atoms with van der Waals surface area (Å²) < 4.78 is 0. The predicted molar refractivity (Wildman–Crippen MR) is 34.9 cm³/mol. The fourth-order valence-corrected chi connectivity index (χ4v) is 0.398. The van der Waals surface area contributed by atoms with E-state index < -0.39 is 0 Å². The van der Waals surface area contributed by atoms with Gasteiger partial charge in [0.1, 0.15) is 0 Å². The van der Waals surface area contributed by atoms with Crippen LogP contribution in [0.1, 0.15) is 0 Å². The van der Waals surface area contributed by atoms with E-state index in [1.54, 1.807) is 6.08 Å². The Morgan fingerprint density at radius 3 is 2.88 bits per heavy atom. The molecule has 0 saturated heterocycles. The molecule has 0 aromatic heterocycles. The van der Waals surface area contributed by atoms with Crippen LogP contribution in [-0.2, 0) is 0 Å². The lowest BCUT2D eigenvalue weighted by atomic mass is 10.6. The van der Waals surface area contributed by atoms with Crippen molar-refractivity contribution in [2.45, 2.75) is 0 Å². The summed E-state index contributed by atoms with van der Waals surface area (Å²) in [6, 6.07) is 0. The maximum absolute atomic E-state index is 8.25. The maximum atomic E-state index is 8.25. The number of hydrogen-bond acceptors (Lipinski definition) is 2. The van der Waals surface area contributed by atoms with Crippen molar-refractivity contribution in [1.29, 1.82) is 0 Å². The van der Waals surface area contributed by atoms with Crippen molar-refractivity contribution < 1.29 is 5.11 Å². The maximum Gasteiger partial charge on any atom is 0.0556 e. The monoisotopic (exact) mass is 135 g/mol. The Morgan fingerprint density at radius 1 is 1.62 bits per heavy atom. The topological polar surface area (TPSA) is 32.3 Å². The lowest BCUT2D eigenvalue weighted by Gasteiger charge is -1.93. The van der Waals surface area contributed by atoms with Crippen molar-refractivity contribution in [2.24, 2.45) is 0 Å². The van der Waals surface area contributed by atoms with Crippen LogP contribution in [0.25, 0.3) is 0 Å². The Hall–Kier alpha value is -0.0500. The molecule has 0 atom stereocenters. The van der Waals surface area contributed by atoms with Crippen LogP contribution in [0, 0.1) is 0 Å². The van der Waals surface area contributed by atoms with Gasteiger partial charge < -0.3 is 10.4 Å². The van der Waals surface area contributed by atoms with Gasteiger partial charge in [-0.3, -0.25) is 0 Å². The minimum Gasteiger partial charge on any atom is -0.395 e. The van der Waals surface area contributed by atoms with E-state index in [0.717, 1.165) is 6.54 Å². The lowest BCUT2D eigenvalue weighted by Crippen LogP contribution is -2.17. The molecule has 0 bridgehead atoms. The van der Waals surface area contributed by atoms with Crippen molar-refractivity contribution in [3.63, 3.8) is 0 Å². The summed E-state index contributed by atoms with van der Waals surface area (Å²) in [6.07, 6.45) is 1.78. The first-order valence-electron chi connectivity index (χ1n) is 2.48. The molecule has 0 aliphatic rings. The van der Waals surface area contributed by atoms with E-state index in [9.17, 15) is 0 Å². The van der Waals surface area contributed by atoms with Crippen molar-refractivity contribution in [1.82, 2.24) is 5.32 Å². The van der Waals surface area contributed by atoms with E-state index in [1.165, 1.54) is 5.54 Å². The van der Waals surface area contributed by atoms with Crippen LogP contribution in [-0.4, -0.2) is 24.8 Å². The third-order valence-electron chi connectivity index (χ3n) is 0.640. The molecule has 3 heteroatoms. The van der Waals surface area contributed by atoms with E-state index in [1.807, 2.05) is 0 Å². The SMILES string of the molecule is OCCNC/C=C/Cl. The van der Waals surface area contributed by atoms with Crippen LogP contribution in [0.4, 0.5) is 0 Å². The highest BCUT2D eigenvalue weighted by Crippen LogP contribution is 1.73. The van der Waals surface area contributed by atoms with Crippen LogP contribution >= 0.6 is 11.6 Å². The van der Waals surface area contributed by atoms with Gasteiger partial charge in [0.05, 0.1) is 6.61 Å². The molecular weight excluding hydrogens is 126 g/mol. The second kappa shape index (κ2) is 6.95. The number of nitrogens with one attached hydrogen (secondary N) is 1. The molecule has 0 spiro atoms. The summed E-state index contributed by atoms with van der Waals surface area (Å²) in [7, 11) is 0. The molecule has 0 fully saturated rings. The van der Waals surface area contributed by atoms with Crippen molar-refractivity contribution in [3.8, 4) is 0 Å². The van der Waals surface area contributed by atoms with E-state index in [0.29, 0.717) is 6.54 Å². The lowest BCUT2D eigenvalue weighted by molar-refractivity contribution is 0.294. The van der Waals surface area contributed by atoms with Gasteiger partial charge in [-0.1, -0.05) is 17.7 Å². The molecule has 0 rings (SSSR count). The standard InChI is InChI=1S/C5H10ClNO/c6-2-1-3-7-4-5-8/h1-2,7-8H,3-5H2/b2-1+. The first-order chi connectivity index (χ1) is 3.91. The van der Waals surface area contributed by atoms with Gasteiger partial charge in [-0.2, -0.15) is 0 Å². The summed E-state index contributed by atoms with van der Waals surface area (Å²) in [6.45, 7) is 1.53. The molecule has 0 saturated carbocycles. The smallest absolute Gasteiger partial charge is 0.0556 e. The van der Waals surface area contributed by atoms with Crippen LogP contribution in [0.15, 0.2) is 11.6 Å².